The number of sulfone groups is 1. The molecule has 2 rings (SSSR count). The summed E-state index contributed by atoms with van der Waals surface area (Å²) in [6, 6.07) is 0.910. The van der Waals surface area contributed by atoms with Crippen LogP contribution in [0, 0.1) is 0 Å². The second kappa shape index (κ2) is 4.22. The molecule has 1 aromatic rings. The third-order valence-corrected chi connectivity index (χ3v) is 4.02. The molecule has 104 valence electrons. The highest BCUT2D eigenvalue weighted by molar-refractivity contribution is 7.94. The van der Waals surface area contributed by atoms with Gasteiger partial charge < -0.3 is 0 Å². The second-order valence-electron chi connectivity index (χ2n) is 4.28. The van der Waals surface area contributed by atoms with Crippen LogP contribution in [0.5, 0.6) is 0 Å². The fourth-order valence-electron chi connectivity index (χ4n) is 1.81. The van der Waals surface area contributed by atoms with Gasteiger partial charge in [0, 0.05) is 24.6 Å². The highest BCUT2D eigenvalue weighted by Gasteiger charge is 2.35. The van der Waals surface area contributed by atoms with E-state index in [-0.39, 0.29) is 17.0 Å². The summed E-state index contributed by atoms with van der Waals surface area (Å²) in [5.74, 6) is 0. The predicted octanol–water partition coefficient (Wildman–Crippen LogP) is 2.15. The smallest absolute Gasteiger partial charge is 0.263 e. The van der Waals surface area contributed by atoms with Crippen molar-refractivity contribution < 1.29 is 21.6 Å². The molecule has 4 nitrogen and oxygen atoms in total. The monoisotopic (exact) mass is 292 g/mol. The minimum Gasteiger partial charge on any atom is -0.263 e. The Balaban J connectivity index is 2.39. The molecule has 19 heavy (non-hydrogen) atoms. The maximum Gasteiger partial charge on any atom is 0.433 e. The fraction of sp³-hybridized carbons (Fsp3) is 0.364. The highest BCUT2D eigenvalue weighted by Crippen LogP contribution is 2.33. The third kappa shape index (κ3) is 2.73. The first-order valence-corrected chi connectivity index (χ1v) is 7.20. The van der Waals surface area contributed by atoms with E-state index in [0.717, 1.165) is 17.0 Å². The van der Waals surface area contributed by atoms with Crippen LogP contribution in [0.4, 0.5) is 13.2 Å². The van der Waals surface area contributed by atoms with Crippen LogP contribution in [-0.2, 0) is 23.1 Å². The van der Waals surface area contributed by atoms with Crippen LogP contribution in [0.25, 0.3) is 5.57 Å². The first kappa shape index (κ1) is 13.9. The summed E-state index contributed by atoms with van der Waals surface area (Å²) in [5.41, 5.74) is -0.357. The molecule has 0 bridgehead atoms. The second-order valence-corrected chi connectivity index (χ2v) is 6.35. The molecule has 0 atom stereocenters. The third-order valence-electron chi connectivity index (χ3n) is 2.78. The number of hydrogen-bond acceptors (Lipinski definition) is 3. The SMILES string of the molecule is Cn1nc(C2=CCC(S(C)(=O)=O)=C2)cc1C(F)(F)F. The van der Waals surface area contributed by atoms with Crippen molar-refractivity contribution in [1.29, 1.82) is 0 Å². The van der Waals surface area contributed by atoms with Gasteiger partial charge in [0.05, 0.1) is 5.69 Å². The van der Waals surface area contributed by atoms with Crippen molar-refractivity contribution in [2.75, 3.05) is 6.26 Å². The standard InChI is InChI=1S/C11H11F3N2O2S/c1-16-10(11(12,13)14)6-9(15-16)7-3-4-8(5-7)19(2,17)18/h3,5-6H,4H2,1-2H3. The van der Waals surface area contributed by atoms with Gasteiger partial charge in [-0.3, -0.25) is 4.68 Å². The summed E-state index contributed by atoms with van der Waals surface area (Å²) in [7, 11) is -2.13. The summed E-state index contributed by atoms with van der Waals surface area (Å²) in [6.45, 7) is 0. The molecule has 1 heterocycles. The van der Waals surface area contributed by atoms with E-state index in [0.29, 0.717) is 5.57 Å². The summed E-state index contributed by atoms with van der Waals surface area (Å²) in [5, 5.41) is 3.76. The van der Waals surface area contributed by atoms with E-state index in [4.69, 9.17) is 0 Å². The molecule has 1 aliphatic rings. The Morgan fingerprint density at radius 3 is 2.42 bits per heavy atom. The van der Waals surface area contributed by atoms with Gasteiger partial charge in [0.2, 0.25) is 0 Å². The van der Waals surface area contributed by atoms with Crippen LogP contribution >= 0.6 is 0 Å². The molecule has 0 saturated heterocycles. The van der Waals surface area contributed by atoms with Gasteiger partial charge in [0.1, 0.15) is 5.69 Å². The normalized spacial score (nSPS) is 16.5. The van der Waals surface area contributed by atoms with Gasteiger partial charge in [0.25, 0.3) is 0 Å². The van der Waals surface area contributed by atoms with Crippen LogP contribution in [0.2, 0.25) is 0 Å². The number of halogens is 3. The van der Waals surface area contributed by atoms with Crippen molar-refractivity contribution in [2.24, 2.45) is 7.05 Å². The van der Waals surface area contributed by atoms with Gasteiger partial charge in [-0.25, -0.2) is 8.42 Å². The van der Waals surface area contributed by atoms with E-state index in [1.54, 1.807) is 6.08 Å². The van der Waals surface area contributed by atoms with Crippen LogP contribution in [0.3, 0.4) is 0 Å². The lowest BCUT2D eigenvalue weighted by atomic mass is 10.2. The molecule has 0 N–H and O–H groups in total. The van der Waals surface area contributed by atoms with E-state index in [1.165, 1.54) is 13.1 Å². The van der Waals surface area contributed by atoms with Crippen LogP contribution < -0.4 is 0 Å². The van der Waals surface area contributed by atoms with Gasteiger partial charge in [-0.15, -0.1) is 0 Å². The Hall–Kier alpha value is -1.57. The zero-order chi connectivity index (χ0) is 14.4. The summed E-state index contributed by atoms with van der Waals surface area (Å²) in [6.07, 6.45) is -0.319. The van der Waals surface area contributed by atoms with E-state index in [2.05, 4.69) is 5.10 Å². The number of nitrogens with zero attached hydrogens (tertiary/aromatic N) is 2. The molecular weight excluding hydrogens is 281 g/mol. The molecule has 0 aromatic carbocycles. The van der Waals surface area contributed by atoms with Crippen molar-refractivity contribution in [1.82, 2.24) is 9.78 Å². The van der Waals surface area contributed by atoms with Crippen molar-refractivity contribution in [3.63, 3.8) is 0 Å². The number of aromatic nitrogens is 2. The van der Waals surface area contributed by atoms with Crippen molar-refractivity contribution in [3.8, 4) is 0 Å². The van der Waals surface area contributed by atoms with E-state index in [9.17, 15) is 21.6 Å². The molecule has 1 aromatic heterocycles. The Bertz CT molecular complexity index is 681. The molecule has 0 aliphatic heterocycles. The van der Waals surface area contributed by atoms with Crippen LogP contribution in [0.15, 0.2) is 23.1 Å². The first-order chi connectivity index (χ1) is 8.59. The molecule has 0 amide bonds. The number of rotatable bonds is 2. The molecule has 1 aliphatic carbocycles. The van der Waals surface area contributed by atoms with Gasteiger partial charge in [-0.05, 0) is 17.7 Å². The highest BCUT2D eigenvalue weighted by atomic mass is 32.2. The van der Waals surface area contributed by atoms with Gasteiger partial charge in [-0.1, -0.05) is 6.08 Å². The van der Waals surface area contributed by atoms with Crippen molar-refractivity contribution >= 4 is 15.4 Å². The fourth-order valence-corrected chi connectivity index (χ4v) is 2.54. The van der Waals surface area contributed by atoms with Gasteiger partial charge >= 0.3 is 6.18 Å². The molecule has 8 heteroatoms. The zero-order valence-corrected chi connectivity index (χ0v) is 11.0. The maximum atomic E-state index is 12.6. The van der Waals surface area contributed by atoms with Crippen LogP contribution in [0.1, 0.15) is 17.8 Å². The number of aryl methyl sites for hydroxylation is 1. The lowest BCUT2D eigenvalue weighted by Gasteiger charge is -2.04. The van der Waals surface area contributed by atoms with E-state index in [1.807, 2.05) is 0 Å². The predicted molar refractivity (Wildman–Crippen MR) is 63.7 cm³/mol. The number of alkyl halides is 3. The van der Waals surface area contributed by atoms with Crippen molar-refractivity contribution in [3.05, 3.63) is 34.5 Å². The van der Waals surface area contributed by atoms with E-state index >= 15 is 0 Å². The number of allylic oxidation sites excluding steroid dienone is 4. The Labute approximate surface area is 108 Å². The summed E-state index contributed by atoms with van der Waals surface area (Å²) >= 11 is 0. The van der Waals surface area contributed by atoms with E-state index < -0.39 is 21.7 Å². The lowest BCUT2D eigenvalue weighted by Crippen LogP contribution is -2.11. The minimum atomic E-state index is -4.48. The molecule has 0 fully saturated rings. The quantitative estimate of drug-likeness (QED) is 0.839. The molecular formula is C11H11F3N2O2S. The Morgan fingerprint density at radius 1 is 1.37 bits per heavy atom. The maximum absolute atomic E-state index is 12.6. The Morgan fingerprint density at radius 2 is 2.00 bits per heavy atom. The zero-order valence-electron chi connectivity index (χ0n) is 10.2. The van der Waals surface area contributed by atoms with Gasteiger partial charge in [0.15, 0.2) is 9.84 Å². The molecule has 0 unspecified atom stereocenters. The molecule has 0 radical (unpaired) electrons. The summed E-state index contributed by atoms with van der Waals surface area (Å²) in [4.78, 5) is 0.182. The number of hydrogen-bond donors (Lipinski definition) is 0. The van der Waals surface area contributed by atoms with Crippen LogP contribution in [-0.4, -0.2) is 24.5 Å². The Kier molecular flexibility index (Phi) is 3.08. The molecule has 0 spiro atoms. The average Bonchev–Trinajstić information content (AvgIpc) is 2.79. The summed E-state index contributed by atoms with van der Waals surface area (Å²) < 4.78 is 61.3. The molecule has 0 saturated carbocycles. The minimum absolute atomic E-state index is 0.119. The van der Waals surface area contributed by atoms with Gasteiger partial charge in [-0.2, -0.15) is 18.3 Å². The largest absolute Gasteiger partial charge is 0.433 e. The lowest BCUT2D eigenvalue weighted by molar-refractivity contribution is -0.143. The topological polar surface area (TPSA) is 52.0 Å². The first-order valence-electron chi connectivity index (χ1n) is 5.31. The average molecular weight is 292 g/mol. The van der Waals surface area contributed by atoms with Crippen molar-refractivity contribution in [2.45, 2.75) is 12.6 Å².